The third kappa shape index (κ3) is 3.52. The Labute approximate surface area is 231 Å². The molecule has 3 aliphatic rings. The van der Waals surface area contributed by atoms with E-state index >= 15 is 0 Å². The molecule has 4 aromatic carbocycles. The summed E-state index contributed by atoms with van der Waals surface area (Å²) in [4.78, 5) is 0. The minimum Gasteiger partial charge on any atom is -0.508 e. The van der Waals surface area contributed by atoms with Crippen LogP contribution in [0.1, 0.15) is 39.8 Å². The van der Waals surface area contributed by atoms with Crippen molar-refractivity contribution in [2.24, 2.45) is 0 Å². The largest absolute Gasteiger partial charge is 0.508 e. The number of hydrogen-bond acceptors (Lipinski definition) is 11. The molecule has 8 N–H and O–H groups in total. The third-order valence-electron chi connectivity index (χ3n) is 7.92. The quantitative estimate of drug-likeness (QED) is 0.168. The van der Waals surface area contributed by atoms with E-state index in [9.17, 15) is 40.9 Å². The Balaban J connectivity index is 1.48. The van der Waals surface area contributed by atoms with Gasteiger partial charge < -0.3 is 55.1 Å². The fourth-order valence-electron chi connectivity index (χ4n) is 6.04. The van der Waals surface area contributed by atoms with E-state index in [2.05, 4.69) is 0 Å². The second-order valence-electron chi connectivity index (χ2n) is 10.4. The highest BCUT2D eigenvalue weighted by Crippen LogP contribution is 2.62. The Bertz CT molecular complexity index is 1720. The van der Waals surface area contributed by atoms with Crippen molar-refractivity contribution in [2.45, 2.75) is 36.4 Å². The molecule has 0 radical (unpaired) electrons. The van der Waals surface area contributed by atoms with Crippen LogP contribution in [-0.2, 0) is 12.2 Å². The number of aliphatic hydroxyl groups excluding tert-OH is 2. The van der Waals surface area contributed by atoms with E-state index in [-0.39, 0.29) is 68.9 Å². The van der Waals surface area contributed by atoms with Crippen LogP contribution in [0, 0.1) is 0 Å². The molecular weight excluding hydrogens is 536 g/mol. The van der Waals surface area contributed by atoms with Crippen molar-refractivity contribution in [3.8, 4) is 51.7 Å². The van der Waals surface area contributed by atoms with E-state index < -0.39 is 41.5 Å². The van der Waals surface area contributed by atoms with Crippen molar-refractivity contribution in [1.82, 2.24) is 0 Å². The predicted molar refractivity (Wildman–Crippen MR) is 140 cm³/mol. The van der Waals surface area contributed by atoms with Gasteiger partial charge in [0.1, 0.15) is 52.5 Å². The van der Waals surface area contributed by atoms with Gasteiger partial charge in [-0.25, -0.2) is 0 Å². The summed E-state index contributed by atoms with van der Waals surface area (Å²) in [6, 6.07) is 13.4. The van der Waals surface area contributed by atoms with E-state index in [0.29, 0.717) is 5.56 Å². The minimum absolute atomic E-state index is 0.0231. The summed E-state index contributed by atoms with van der Waals surface area (Å²) in [5.41, 5.74) is 1.26. The number of phenols is 6. The summed E-state index contributed by atoms with van der Waals surface area (Å²) in [5, 5.41) is 85.0. The molecule has 3 heterocycles. The second-order valence-corrected chi connectivity index (χ2v) is 10.4. The molecule has 0 saturated carbocycles. The number of ether oxygens (including phenoxy) is 3. The molecule has 0 aliphatic carbocycles. The van der Waals surface area contributed by atoms with E-state index in [1.54, 1.807) is 12.1 Å². The first-order valence-electron chi connectivity index (χ1n) is 12.7. The van der Waals surface area contributed by atoms with Gasteiger partial charge in [0, 0.05) is 46.9 Å². The lowest BCUT2D eigenvalue weighted by molar-refractivity contribution is -0.219. The van der Waals surface area contributed by atoms with E-state index in [0.717, 1.165) is 12.1 Å². The van der Waals surface area contributed by atoms with Crippen LogP contribution < -0.4 is 14.2 Å². The van der Waals surface area contributed by atoms with Gasteiger partial charge in [-0.05, 0) is 35.9 Å². The second kappa shape index (κ2) is 8.50. The van der Waals surface area contributed by atoms with Gasteiger partial charge in [-0.2, -0.15) is 0 Å². The van der Waals surface area contributed by atoms with Gasteiger partial charge in [0.25, 0.3) is 0 Å². The maximum atomic E-state index is 11.9. The number of hydrogen-bond donors (Lipinski definition) is 8. The molecule has 210 valence electrons. The fourth-order valence-corrected chi connectivity index (χ4v) is 6.04. The summed E-state index contributed by atoms with van der Waals surface area (Å²) in [5.74, 6) is -4.89. The summed E-state index contributed by atoms with van der Waals surface area (Å²) in [6.45, 7) is 0. The van der Waals surface area contributed by atoms with Crippen LogP contribution in [0.2, 0.25) is 0 Å². The molecule has 0 aromatic heterocycles. The number of aliphatic hydroxyl groups is 2. The lowest BCUT2D eigenvalue weighted by Gasteiger charge is -2.50. The van der Waals surface area contributed by atoms with E-state index in [1.807, 2.05) is 0 Å². The van der Waals surface area contributed by atoms with Gasteiger partial charge >= 0.3 is 5.79 Å². The Morgan fingerprint density at radius 1 is 0.659 bits per heavy atom. The Hall–Kier alpha value is -5.00. The Kier molecular flexibility index (Phi) is 5.18. The van der Waals surface area contributed by atoms with Gasteiger partial charge in [-0.3, -0.25) is 0 Å². The summed E-state index contributed by atoms with van der Waals surface area (Å²) < 4.78 is 18.7. The van der Waals surface area contributed by atoms with Crippen LogP contribution in [0.3, 0.4) is 0 Å². The van der Waals surface area contributed by atoms with Crippen LogP contribution in [0.4, 0.5) is 0 Å². The van der Waals surface area contributed by atoms with Crippen LogP contribution in [-0.4, -0.2) is 53.1 Å². The average Bonchev–Trinajstić information content (AvgIpc) is 2.91. The molecule has 5 atom stereocenters. The molecular formula is C30H24O11. The van der Waals surface area contributed by atoms with Gasteiger partial charge in [0.2, 0.25) is 0 Å². The maximum Gasteiger partial charge on any atom is 0.305 e. The Morgan fingerprint density at radius 3 is 2.07 bits per heavy atom. The highest BCUT2D eigenvalue weighted by Gasteiger charge is 2.60. The molecule has 11 heteroatoms. The minimum atomic E-state index is -2.05. The summed E-state index contributed by atoms with van der Waals surface area (Å²) in [7, 11) is 0. The normalized spacial score (nSPS) is 25.5. The highest BCUT2D eigenvalue weighted by atomic mass is 16.7. The molecule has 4 aromatic rings. The summed E-state index contributed by atoms with van der Waals surface area (Å²) >= 11 is 0. The van der Waals surface area contributed by atoms with E-state index in [4.69, 9.17) is 14.2 Å². The molecule has 3 aliphatic heterocycles. The third-order valence-corrected chi connectivity index (χ3v) is 7.92. The van der Waals surface area contributed by atoms with E-state index in [1.165, 1.54) is 36.4 Å². The van der Waals surface area contributed by atoms with Crippen molar-refractivity contribution in [3.63, 3.8) is 0 Å². The van der Waals surface area contributed by atoms with Gasteiger partial charge in [-0.1, -0.05) is 12.1 Å². The SMILES string of the molecule is Oc1ccc([C@H]2Oc3c(c(O)cc4c3[C@H]3c5c(O)cc(O)cc5O[C@@](c5ccc(O)c(O)c5)(O4)[C@@H]3O)C[C@@H]2O)cc1. The molecule has 0 spiro atoms. The molecule has 11 nitrogen and oxygen atoms in total. The smallest absolute Gasteiger partial charge is 0.305 e. The lowest BCUT2D eigenvalue weighted by Crippen LogP contribution is -2.57. The first-order valence-corrected chi connectivity index (χ1v) is 12.7. The van der Waals surface area contributed by atoms with Crippen molar-refractivity contribution in [1.29, 1.82) is 0 Å². The molecule has 41 heavy (non-hydrogen) atoms. The standard InChI is InChI=1S/C30H24O11/c31-14-4-1-12(2-5-14)27-21(37)10-16-18(34)11-23-25(28(16)39-27)26-24-20(36)8-15(32)9-22(24)40-30(41-23,29(26)38)13-3-6-17(33)19(35)7-13/h1-9,11,21,26-27,29,31-38H,10H2/t21-,26+,27+,29+,30-/m0/s1. The Morgan fingerprint density at radius 2 is 1.37 bits per heavy atom. The zero-order chi connectivity index (χ0) is 28.8. The molecule has 0 saturated heterocycles. The fraction of sp³-hybridized carbons (Fsp3) is 0.200. The van der Waals surface area contributed by atoms with Crippen LogP contribution >= 0.6 is 0 Å². The van der Waals surface area contributed by atoms with Crippen molar-refractivity contribution < 1.29 is 55.1 Å². The summed E-state index contributed by atoms with van der Waals surface area (Å²) in [6.07, 6.45) is -3.60. The maximum absolute atomic E-state index is 11.9. The number of benzene rings is 4. The van der Waals surface area contributed by atoms with Crippen molar-refractivity contribution >= 4 is 0 Å². The van der Waals surface area contributed by atoms with Crippen LogP contribution in [0.25, 0.3) is 0 Å². The molecule has 7 rings (SSSR count). The van der Waals surface area contributed by atoms with Gasteiger partial charge in [0.05, 0.1) is 12.0 Å². The first-order chi connectivity index (χ1) is 19.6. The molecule has 0 fully saturated rings. The van der Waals surface area contributed by atoms with Gasteiger partial charge in [-0.15, -0.1) is 0 Å². The lowest BCUT2D eigenvalue weighted by atomic mass is 9.74. The molecule has 0 unspecified atom stereocenters. The monoisotopic (exact) mass is 560 g/mol. The average molecular weight is 561 g/mol. The van der Waals surface area contributed by atoms with Crippen LogP contribution in [0.15, 0.2) is 60.7 Å². The number of rotatable bonds is 2. The first kappa shape index (κ1) is 25.0. The van der Waals surface area contributed by atoms with Crippen LogP contribution in [0.5, 0.6) is 51.7 Å². The zero-order valence-corrected chi connectivity index (χ0v) is 21.1. The van der Waals surface area contributed by atoms with Crippen molar-refractivity contribution in [3.05, 3.63) is 88.5 Å². The number of aromatic hydroxyl groups is 6. The van der Waals surface area contributed by atoms with Gasteiger partial charge in [0.15, 0.2) is 11.5 Å². The highest BCUT2D eigenvalue weighted by molar-refractivity contribution is 5.68. The number of fused-ring (bicyclic) bond motifs is 8. The number of phenolic OH excluding ortho intramolecular Hbond substituents is 6. The zero-order valence-electron chi connectivity index (χ0n) is 21.1. The molecule has 0 amide bonds. The topological polar surface area (TPSA) is 190 Å². The predicted octanol–water partition coefficient (Wildman–Crippen LogP) is 3.09. The van der Waals surface area contributed by atoms with Crippen molar-refractivity contribution in [2.75, 3.05) is 0 Å². The molecule has 2 bridgehead atoms.